The number of ether oxygens (including phenoxy) is 1. The van der Waals surface area contributed by atoms with Gasteiger partial charge in [0.05, 0.1) is 13.2 Å². The van der Waals surface area contributed by atoms with Crippen molar-refractivity contribution >= 4 is 5.95 Å². The van der Waals surface area contributed by atoms with E-state index in [9.17, 15) is 0 Å². The molecule has 0 aliphatic carbocycles. The van der Waals surface area contributed by atoms with Crippen molar-refractivity contribution in [2.75, 3.05) is 44.7 Å². The van der Waals surface area contributed by atoms with Gasteiger partial charge in [-0.15, -0.1) is 0 Å². The molecule has 1 fully saturated rings. The molecule has 5 heteroatoms. The van der Waals surface area contributed by atoms with Crippen LogP contribution in [0.15, 0.2) is 12.4 Å². The number of nitrogens with zero attached hydrogens (tertiary/aromatic N) is 3. The Bertz CT molecular complexity index is 320. The number of aryl methyl sites for hydroxylation is 1. The van der Waals surface area contributed by atoms with Gasteiger partial charge in [0, 0.05) is 45.1 Å². The van der Waals surface area contributed by atoms with Crippen LogP contribution in [0.3, 0.4) is 0 Å². The maximum absolute atomic E-state index is 5.32. The number of hydrogen-bond acceptors (Lipinski definition) is 4. The molecule has 0 spiro atoms. The fraction of sp³-hybridized carbons (Fsp3) is 0.750. The van der Waals surface area contributed by atoms with Gasteiger partial charge in [0.15, 0.2) is 0 Å². The van der Waals surface area contributed by atoms with Gasteiger partial charge in [-0.2, -0.15) is 0 Å². The maximum atomic E-state index is 5.32. The van der Waals surface area contributed by atoms with Gasteiger partial charge >= 0.3 is 0 Å². The van der Waals surface area contributed by atoms with Gasteiger partial charge in [-0.1, -0.05) is 6.92 Å². The third-order valence-electron chi connectivity index (χ3n) is 2.99. The van der Waals surface area contributed by atoms with Crippen molar-refractivity contribution in [2.24, 2.45) is 0 Å². The molecule has 17 heavy (non-hydrogen) atoms. The Labute approximate surface area is 103 Å². The second-order valence-corrected chi connectivity index (χ2v) is 4.33. The number of rotatable bonds is 6. The summed E-state index contributed by atoms with van der Waals surface area (Å²) in [5, 5.41) is 3.39. The van der Waals surface area contributed by atoms with Crippen LogP contribution in [0.2, 0.25) is 0 Å². The zero-order chi connectivity index (χ0) is 11.9. The van der Waals surface area contributed by atoms with Crippen molar-refractivity contribution in [1.82, 2.24) is 14.5 Å². The summed E-state index contributed by atoms with van der Waals surface area (Å²) >= 11 is 0. The van der Waals surface area contributed by atoms with E-state index < -0.39 is 0 Å². The zero-order valence-corrected chi connectivity index (χ0v) is 10.6. The standard InChI is InChI=1S/C12H22N4O/c1-2-5-16-7-4-14-12(16)13-3-6-15-8-10-17-11-9-15/h4,7H,2-3,5-6,8-11H2,1H3,(H,13,14). The van der Waals surface area contributed by atoms with E-state index in [4.69, 9.17) is 4.74 Å². The van der Waals surface area contributed by atoms with Crippen LogP contribution in [0.5, 0.6) is 0 Å². The lowest BCUT2D eigenvalue weighted by molar-refractivity contribution is 0.0398. The Morgan fingerprint density at radius 3 is 2.94 bits per heavy atom. The highest BCUT2D eigenvalue weighted by atomic mass is 16.5. The van der Waals surface area contributed by atoms with Crippen molar-refractivity contribution in [3.8, 4) is 0 Å². The molecule has 1 aliphatic rings. The van der Waals surface area contributed by atoms with Crippen molar-refractivity contribution in [3.63, 3.8) is 0 Å². The van der Waals surface area contributed by atoms with E-state index in [-0.39, 0.29) is 0 Å². The van der Waals surface area contributed by atoms with Crippen LogP contribution in [0.25, 0.3) is 0 Å². The molecule has 5 nitrogen and oxygen atoms in total. The summed E-state index contributed by atoms with van der Waals surface area (Å²) in [5.74, 6) is 0.986. The summed E-state index contributed by atoms with van der Waals surface area (Å²) in [7, 11) is 0. The molecule has 1 saturated heterocycles. The minimum Gasteiger partial charge on any atom is -0.379 e. The first-order valence-electron chi connectivity index (χ1n) is 6.45. The minimum absolute atomic E-state index is 0.866. The molecule has 0 unspecified atom stereocenters. The van der Waals surface area contributed by atoms with E-state index >= 15 is 0 Å². The van der Waals surface area contributed by atoms with Gasteiger partial charge in [0.2, 0.25) is 5.95 Å². The third-order valence-corrected chi connectivity index (χ3v) is 2.99. The molecule has 1 N–H and O–H groups in total. The molecule has 1 aromatic rings. The monoisotopic (exact) mass is 238 g/mol. The fourth-order valence-corrected chi connectivity index (χ4v) is 2.05. The lowest BCUT2D eigenvalue weighted by Crippen LogP contribution is -2.39. The molecule has 1 aliphatic heterocycles. The highest BCUT2D eigenvalue weighted by Gasteiger charge is 2.09. The molecule has 96 valence electrons. The average molecular weight is 238 g/mol. The SMILES string of the molecule is CCCn1ccnc1NCCN1CCOCC1. The van der Waals surface area contributed by atoms with Crippen LogP contribution in [-0.2, 0) is 11.3 Å². The minimum atomic E-state index is 0.866. The van der Waals surface area contributed by atoms with E-state index in [2.05, 4.69) is 26.7 Å². The Hall–Kier alpha value is -1.07. The molecule has 1 aromatic heterocycles. The maximum Gasteiger partial charge on any atom is 0.202 e. The molecule has 0 saturated carbocycles. The van der Waals surface area contributed by atoms with Crippen LogP contribution < -0.4 is 5.32 Å². The van der Waals surface area contributed by atoms with Crippen molar-refractivity contribution in [3.05, 3.63) is 12.4 Å². The second kappa shape index (κ2) is 6.61. The summed E-state index contributed by atoms with van der Waals surface area (Å²) in [6.07, 6.45) is 5.02. The van der Waals surface area contributed by atoms with Crippen LogP contribution >= 0.6 is 0 Å². The molecule has 0 atom stereocenters. The highest BCUT2D eigenvalue weighted by molar-refractivity contribution is 5.25. The Morgan fingerprint density at radius 2 is 2.18 bits per heavy atom. The normalized spacial score (nSPS) is 17.2. The molecule has 0 radical (unpaired) electrons. The van der Waals surface area contributed by atoms with E-state index in [0.29, 0.717) is 0 Å². The molecular formula is C12H22N4O. The molecule has 2 heterocycles. The number of anilines is 1. The summed E-state index contributed by atoms with van der Waals surface area (Å²) in [6, 6.07) is 0. The number of morpholine rings is 1. The van der Waals surface area contributed by atoms with Crippen LogP contribution in [0, 0.1) is 0 Å². The topological polar surface area (TPSA) is 42.3 Å². The summed E-state index contributed by atoms with van der Waals surface area (Å²) < 4.78 is 7.49. The summed E-state index contributed by atoms with van der Waals surface area (Å²) in [6.45, 7) is 9.03. The largest absolute Gasteiger partial charge is 0.379 e. The van der Waals surface area contributed by atoms with E-state index in [1.165, 1.54) is 0 Å². The Morgan fingerprint density at radius 1 is 1.35 bits per heavy atom. The Kier molecular flexibility index (Phi) is 4.82. The second-order valence-electron chi connectivity index (χ2n) is 4.33. The smallest absolute Gasteiger partial charge is 0.202 e. The van der Waals surface area contributed by atoms with Crippen LogP contribution in [-0.4, -0.2) is 53.8 Å². The van der Waals surface area contributed by atoms with Gasteiger partial charge in [-0.3, -0.25) is 4.90 Å². The van der Waals surface area contributed by atoms with Gasteiger partial charge in [0.25, 0.3) is 0 Å². The predicted octanol–water partition coefficient (Wildman–Crippen LogP) is 1.04. The van der Waals surface area contributed by atoms with Crippen LogP contribution in [0.1, 0.15) is 13.3 Å². The number of imidazole rings is 1. The van der Waals surface area contributed by atoms with Crippen molar-refractivity contribution < 1.29 is 4.74 Å². The first kappa shape index (κ1) is 12.4. The van der Waals surface area contributed by atoms with Crippen LogP contribution in [0.4, 0.5) is 5.95 Å². The first-order chi connectivity index (χ1) is 8.40. The lowest BCUT2D eigenvalue weighted by atomic mass is 10.4. The van der Waals surface area contributed by atoms with Gasteiger partial charge in [-0.05, 0) is 6.42 Å². The zero-order valence-electron chi connectivity index (χ0n) is 10.6. The van der Waals surface area contributed by atoms with Gasteiger partial charge in [-0.25, -0.2) is 4.98 Å². The summed E-state index contributed by atoms with van der Waals surface area (Å²) in [5.41, 5.74) is 0. The first-order valence-corrected chi connectivity index (χ1v) is 6.45. The average Bonchev–Trinajstić information content (AvgIpc) is 2.79. The van der Waals surface area contributed by atoms with E-state index in [0.717, 1.165) is 58.3 Å². The summed E-state index contributed by atoms with van der Waals surface area (Å²) in [4.78, 5) is 6.75. The number of nitrogens with one attached hydrogen (secondary N) is 1. The van der Waals surface area contributed by atoms with Gasteiger partial charge in [0.1, 0.15) is 0 Å². The molecule has 0 bridgehead atoms. The molecule has 0 aromatic carbocycles. The number of aromatic nitrogens is 2. The number of hydrogen-bond donors (Lipinski definition) is 1. The highest BCUT2D eigenvalue weighted by Crippen LogP contribution is 2.05. The molecular weight excluding hydrogens is 216 g/mol. The third kappa shape index (κ3) is 3.71. The van der Waals surface area contributed by atoms with E-state index in [1.807, 2.05) is 12.4 Å². The van der Waals surface area contributed by atoms with Crippen molar-refractivity contribution in [2.45, 2.75) is 19.9 Å². The molecule has 2 rings (SSSR count). The van der Waals surface area contributed by atoms with Gasteiger partial charge < -0.3 is 14.6 Å². The quantitative estimate of drug-likeness (QED) is 0.804. The van der Waals surface area contributed by atoms with E-state index in [1.54, 1.807) is 0 Å². The molecule has 0 amide bonds. The lowest BCUT2D eigenvalue weighted by Gasteiger charge is -2.26. The Balaban J connectivity index is 1.71. The fourth-order valence-electron chi connectivity index (χ4n) is 2.05. The van der Waals surface area contributed by atoms with Crippen molar-refractivity contribution in [1.29, 1.82) is 0 Å². The predicted molar refractivity (Wildman–Crippen MR) is 68.3 cm³/mol.